The van der Waals surface area contributed by atoms with Crippen molar-refractivity contribution in [3.05, 3.63) is 40.0 Å². The molecule has 0 aliphatic carbocycles. The van der Waals surface area contributed by atoms with Crippen molar-refractivity contribution in [3.63, 3.8) is 0 Å². The maximum Gasteiger partial charge on any atom is 0.146 e. The molecule has 2 rings (SSSR count). The minimum absolute atomic E-state index is 0.346. The van der Waals surface area contributed by atoms with Crippen LogP contribution in [0.2, 0.25) is 0 Å². The fraction of sp³-hybridized carbons (Fsp3) is 0.357. The molecule has 0 amide bonds. The summed E-state index contributed by atoms with van der Waals surface area (Å²) < 4.78 is 0. The monoisotopic (exact) mass is 272 g/mol. The van der Waals surface area contributed by atoms with Gasteiger partial charge >= 0.3 is 0 Å². The Hall–Kier alpha value is -1.93. The maximum atomic E-state index is 9.19. The molecular weight excluding hydrogens is 256 g/mol. The number of aromatic nitrogens is 2. The van der Waals surface area contributed by atoms with Gasteiger partial charge in [-0.25, -0.2) is 9.97 Å². The normalized spacial score (nSPS) is 10.5. The molecule has 2 heterocycles. The number of anilines is 1. The first-order chi connectivity index (χ1) is 9.11. The van der Waals surface area contributed by atoms with E-state index in [2.05, 4.69) is 29.9 Å². The van der Waals surface area contributed by atoms with E-state index in [1.54, 1.807) is 11.3 Å². The molecule has 0 bridgehead atoms. The standard InChI is InChI=1S/C14H16N4S/c1-10(2)13-5-4-11(6-15)14(17-13)18(3)7-12-8-19-9-16-12/h4-5,8-10H,7H2,1-3H3. The van der Waals surface area contributed by atoms with Gasteiger partial charge in [0.2, 0.25) is 0 Å². The van der Waals surface area contributed by atoms with Gasteiger partial charge in [0.1, 0.15) is 11.9 Å². The second kappa shape index (κ2) is 5.81. The van der Waals surface area contributed by atoms with E-state index in [-0.39, 0.29) is 0 Å². The summed E-state index contributed by atoms with van der Waals surface area (Å²) in [5, 5.41) is 11.2. The highest BCUT2D eigenvalue weighted by molar-refractivity contribution is 7.07. The lowest BCUT2D eigenvalue weighted by Crippen LogP contribution is -2.19. The zero-order valence-electron chi connectivity index (χ0n) is 11.3. The molecule has 0 unspecified atom stereocenters. The summed E-state index contributed by atoms with van der Waals surface area (Å²) in [4.78, 5) is 10.8. The van der Waals surface area contributed by atoms with Crippen molar-refractivity contribution < 1.29 is 0 Å². The van der Waals surface area contributed by atoms with Gasteiger partial charge < -0.3 is 4.90 Å². The average molecular weight is 272 g/mol. The van der Waals surface area contributed by atoms with E-state index in [0.717, 1.165) is 17.2 Å². The number of nitriles is 1. The fourth-order valence-electron chi connectivity index (χ4n) is 1.80. The predicted octanol–water partition coefficient (Wildman–Crippen LogP) is 3.17. The maximum absolute atomic E-state index is 9.19. The summed E-state index contributed by atoms with van der Waals surface area (Å²) in [5.74, 6) is 1.07. The van der Waals surface area contributed by atoms with Gasteiger partial charge in [-0.2, -0.15) is 5.26 Å². The Kier molecular flexibility index (Phi) is 4.13. The lowest BCUT2D eigenvalue weighted by molar-refractivity contribution is 0.801. The highest BCUT2D eigenvalue weighted by atomic mass is 32.1. The Morgan fingerprint density at radius 1 is 1.42 bits per heavy atom. The smallest absolute Gasteiger partial charge is 0.146 e. The third-order valence-corrected chi connectivity index (χ3v) is 3.49. The van der Waals surface area contributed by atoms with E-state index >= 15 is 0 Å². The van der Waals surface area contributed by atoms with Crippen LogP contribution in [0.15, 0.2) is 23.0 Å². The molecule has 0 aromatic carbocycles. The lowest BCUT2D eigenvalue weighted by atomic mass is 10.1. The number of rotatable bonds is 4. The molecule has 0 radical (unpaired) electrons. The third kappa shape index (κ3) is 3.09. The van der Waals surface area contributed by atoms with Crippen molar-refractivity contribution in [2.45, 2.75) is 26.3 Å². The highest BCUT2D eigenvalue weighted by Gasteiger charge is 2.13. The second-order valence-corrected chi connectivity index (χ2v) is 5.43. The molecule has 98 valence electrons. The molecule has 0 aliphatic heterocycles. The third-order valence-electron chi connectivity index (χ3n) is 2.85. The van der Waals surface area contributed by atoms with E-state index in [0.29, 0.717) is 18.0 Å². The Labute approximate surface area is 117 Å². The zero-order valence-corrected chi connectivity index (χ0v) is 12.1. The van der Waals surface area contributed by atoms with Crippen molar-refractivity contribution in [2.24, 2.45) is 0 Å². The number of pyridine rings is 1. The minimum Gasteiger partial charge on any atom is -0.353 e. The van der Waals surface area contributed by atoms with Crippen molar-refractivity contribution >= 4 is 17.2 Å². The molecule has 0 atom stereocenters. The van der Waals surface area contributed by atoms with Gasteiger partial charge in [-0.1, -0.05) is 13.8 Å². The summed E-state index contributed by atoms with van der Waals surface area (Å²) >= 11 is 1.57. The molecular formula is C14H16N4S. The van der Waals surface area contributed by atoms with Crippen LogP contribution in [0.25, 0.3) is 0 Å². The summed E-state index contributed by atoms with van der Waals surface area (Å²) in [6, 6.07) is 5.96. The van der Waals surface area contributed by atoms with Gasteiger partial charge in [0.15, 0.2) is 0 Å². The summed E-state index contributed by atoms with van der Waals surface area (Å²) in [5.41, 5.74) is 4.40. The van der Waals surface area contributed by atoms with E-state index in [1.807, 2.05) is 35.0 Å². The first kappa shape index (κ1) is 13.5. The van der Waals surface area contributed by atoms with E-state index in [1.165, 1.54) is 0 Å². The molecule has 4 nitrogen and oxygen atoms in total. The number of nitrogens with zero attached hydrogens (tertiary/aromatic N) is 4. The first-order valence-electron chi connectivity index (χ1n) is 6.11. The van der Waals surface area contributed by atoms with Crippen LogP contribution in [0.3, 0.4) is 0 Å². The molecule has 0 N–H and O–H groups in total. The molecule has 2 aromatic heterocycles. The number of thiazole rings is 1. The van der Waals surface area contributed by atoms with Crippen LogP contribution in [0.1, 0.15) is 36.7 Å². The SMILES string of the molecule is CC(C)c1ccc(C#N)c(N(C)Cc2cscn2)n1. The molecule has 0 fully saturated rings. The van der Waals surface area contributed by atoms with Crippen LogP contribution in [0, 0.1) is 11.3 Å². The Bertz CT molecular complexity index is 584. The molecule has 0 saturated heterocycles. The molecule has 2 aromatic rings. The number of hydrogen-bond acceptors (Lipinski definition) is 5. The van der Waals surface area contributed by atoms with Crippen LogP contribution in [0.4, 0.5) is 5.82 Å². The quantitative estimate of drug-likeness (QED) is 0.858. The molecule has 19 heavy (non-hydrogen) atoms. The van der Waals surface area contributed by atoms with Crippen molar-refractivity contribution in [3.8, 4) is 6.07 Å². The van der Waals surface area contributed by atoms with Gasteiger partial charge in [0, 0.05) is 18.1 Å². The van der Waals surface area contributed by atoms with Gasteiger partial charge in [0.05, 0.1) is 23.3 Å². The Balaban J connectivity index is 2.31. The zero-order chi connectivity index (χ0) is 13.8. The van der Waals surface area contributed by atoms with Crippen molar-refractivity contribution in [2.75, 3.05) is 11.9 Å². The van der Waals surface area contributed by atoms with Gasteiger partial charge in [-0.3, -0.25) is 0 Å². The van der Waals surface area contributed by atoms with Crippen LogP contribution < -0.4 is 4.90 Å². The fourth-order valence-corrected chi connectivity index (χ4v) is 2.35. The average Bonchev–Trinajstić information content (AvgIpc) is 2.90. The first-order valence-corrected chi connectivity index (χ1v) is 7.05. The molecule has 0 aliphatic rings. The summed E-state index contributed by atoms with van der Waals surface area (Å²) in [7, 11) is 1.94. The van der Waals surface area contributed by atoms with E-state index in [4.69, 9.17) is 0 Å². The van der Waals surface area contributed by atoms with Crippen LogP contribution in [-0.2, 0) is 6.54 Å². The predicted molar refractivity (Wildman–Crippen MR) is 77.3 cm³/mol. The van der Waals surface area contributed by atoms with Gasteiger partial charge in [-0.15, -0.1) is 11.3 Å². The highest BCUT2D eigenvalue weighted by Crippen LogP contribution is 2.22. The molecule has 0 spiro atoms. The van der Waals surface area contributed by atoms with Crippen molar-refractivity contribution in [1.82, 2.24) is 9.97 Å². The second-order valence-electron chi connectivity index (χ2n) is 4.71. The molecule has 5 heteroatoms. The molecule has 0 saturated carbocycles. The number of hydrogen-bond donors (Lipinski definition) is 0. The largest absolute Gasteiger partial charge is 0.353 e. The Morgan fingerprint density at radius 3 is 2.79 bits per heavy atom. The Morgan fingerprint density at radius 2 is 2.21 bits per heavy atom. The van der Waals surface area contributed by atoms with Gasteiger partial charge in [0.25, 0.3) is 0 Å². The minimum atomic E-state index is 0.346. The summed E-state index contributed by atoms with van der Waals surface area (Å²) in [6.45, 7) is 4.85. The van der Waals surface area contributed by atoms with E-state index < -0.39 is 0 Å². The van der Waals surface area contributed by atoms with Crippen molar-refractivity contribution in [1.29, 1.82) is 5.26 Å². The van der Waals surface area contributed by atoms with Crippen LogP contribution in [0.5, 0.6) is 0 Å². The lowest BCUT2D eigenvalue weighted by Gasteiger charge is -2.19. The van der Waals surface area contributed by atoms with Crippen LogP contribution >= 0.6 is 11.3 Å². The van der Waals surface area contributed by atoms with E-state index in [9.17, 15) is 5.26 Å². The summed E-state index contributed by atoms with van der Waals surface area (Å²) in [6.07, 6.45) is 0. The van der Waals surface area contributed by atoms with Gasteiger partial charge in [-0.05, 0) is 18.1 Å². The van der Waals surface area contributed by atoms with Crippen LogP contribution in [-0.4, -0.2) is 17.0 Å². The topological polar surface area (TPSA) is 52.8 Å².